The lowest BCUT2D eigenvalue weighted by molar-refractivity contribution is 0.592. The van der Waals surface area contributed by atoms with Crippen LogP contribution in [0.25, 0.3) is 10.9 Å². The van der Waals surface area contributed by atoms with Gasteiger partial charge in [-0.3, -0.25) is 4.31 Å². The second-order valence-corrected chi connectivity index (χ2v) is 8.32. The number of halogens is 1. The number of para-hydroxylation sites is 1. The molecule has 130 valence electrons. The van der Waals surface area contributed by atoms with Crippen molar-refractivity contribution in [1.82, 2.24) is 4.98 Å². The molecule has 0 radical (unpaired) electrons. The van der Waals surface area contributed by atoms with E-state index in [2.05, 4.69) is 20.9 Å². The number of rotatable bonds is 5. The largest absolute Gasteiger partial charge is 0.382 e. The number of aromatic nitrogens is 1. The first-order valence-corrected chi connectivity index (χ1v) is 10.3. The fraction of sp³-hybridized carbons (Fsp3) is 0.167. The molecule has 3 aromatic rings. The van der Waals surface area contributed by atoms with Crippen LogP contribution in [-0.4, -0.2) is 25.3 Å². The van der Waals surface area contributed by atoms with Gasteiger partial charge in [0.2, 0.25) is 0 Å². The first-order chi connectivity index (χ1) is 11.9. The van der Waals surface area contributed by atoms with Crippen LogP contribution in [0.1, 0.15) is 5.56 Å². The average molecular weight is 420 g/mol. The molecular formula is C18H18BrN3O2S. The van der Waals surface area contributed by atoms with Gasteiger partial charge in [-0.1, -0.05) is 51.8 Å². The molecule has 1 heterocycles. The number of hydrogen-bond donors (Lipinski definition) is 1. The molecule has 0 atom stereocenters. The van der Waals surface area contributed by atoms with Gasteiger partial charge in [0.05, 0.1) is 16.1 Å². The SMILES string of the molecule is Cc1ccc(S(=O)(=O)N(CCBr)c2cc3ccccc3nc2N)cc1. The minimum absolute atomic E-state index is 0.190. The van der Waals surface area contributed by atoms with E-state index in [9.17, 15) is 8.42 Å². The molecule has 2 aromatic carbocycles. The summed E-state index contributed by atoms with van der Waals surface area (Å²) in [5.41, 5.74) is 8.20. The molecule has 0 saturated carbocycles. The van der Waals surface area contributed by atoms with Crippen molar-refractivity contribution in [3.8, 4) is 0 Å². The molecule has 0 spiro atoms. The lowest BCUT2D eigenvalue weighted by Gasteiger charge is -2.25. The number of nitrogens with zero attached hydrogens (tertiary/aromatic N) is 2. The number of hydrogen-bond acceptors (Lipinski definition) is 4. The fourth-order valence-electron chi connectivity index (χ4n) is 2.60. The number of pyridine rings is 1. The Labute approximate surface area is 155 Å². The molecule has 0 unspecified atom stereocenters. The topological polar surface area (TPSA) is 76.3 Å². The van der Waals surface area contributed by atoms with Crippen molar-refractivity contribution in [3.63, 3.8) is 0 Å². The molecule has 0 aliphatic rings. The van der Waals surface area contributed by atoms with Crippen LogP contribution in [0.3, 0.4) is 0 Å². The van der Waals surface area contributed by atoms with Crippen molar-refractivity contribution in [3.05, 3.63) is 60.2 Å². The van der Waals surface area contributed by atoms with E-state index in [1.165, 1.54) is 4.31 Å². The summed E-state index contributed by atoms with van der Waals surface area (Å²) in [7, 11) is -3.74. The van der Waals surface area contributed by atoms with Crippen molar-refractivity contribution < 1.29 is 8.42 Å². The second-order valence-electron chi connectivity index (χ2n) is 5.66. The Morgan fingerprint density at radius 1 is 1.12 bits per heavy atom. The van der Waals surface area contributed by atoms with Crippen molar-refractivity contribution in [2.75, 3.05) is 21.9 Å². The average Bonchev–Trinajstić information content (AvgIpc) is 2.59. The van der Waals surface area contributed by atoms with Crippen LogP contribution >= 0.6 is 15.9 Å². The zero-order chi connectivity index (χ0) is 18.0. The van der Waals surface area contributed by atoms with E-state index < -0.39 is 10.0 Å². The normalized spacial score (nSPS) is 11.6. The maximum Gasteiger partial charge on any atom is 0.264 e. The highest BCUT2D eigenvalue weighted by Crippen LogP contribution is 2.31. The first-order valence-electron chi connectivity index (χ1n) is 7.74. The Hall–Kier alpha value is -2.12. The zero-order valence-electron chi connectivity index (χ0n) is 13.7. The molecule has 25 heavy (non-hydrogen) atoms. The van der Waals surface area contributed by atoms with Crippen molar-refractivity contribution >= 4 is 48.4 Å². The number of nitrogen functional groups attached to an aromatic ring is 1. The number of sulfonamides is 1. The molecular weight excluding hydrogens is 402 g/mol. The fourth-order valence-corrected chi connectivity index (χ4v) is 4.66. The molecule has 0 aliphatic carbocycles. The van der Waals surface area contributed by atoms with Gasteiger partial charge in [0, 0.05) is 17.3 Å². The van der Waals surface area contributed by atoms with Crippen molar-refractivity contribution in [1.29, 1.82) is 0 Å². The summed E-state index contributed by atoms with van der Waals surface area (Å²) >= 11 is 3.33. The Morgan fingerprint density at radius 3 is 2.48 bits per heavy atom. The minimum Gasteiger partial charge on any atom is -0.382 e. The van der Waals surface area contributed by atoms with Gasteiger partial charge >= 0.3 is 0 Å². The van der Waals surface area contributed by atoms with E-state index in [0.717, 1.165) is 16.5 Å². The molecule has 0 fully saturated rings. The van der Waals surface area contributed by atoms with Crippen LogP contribution in [-0.2, 0) is 10.0 Å². The van der Waals surface area contributed by atoms with E-state index in [1.807, 2.05) is 31.2 Å². The van der Waals surface area contributed by atoms with Crippen LogP contribution in [0.15, 0.2) is 59.5 Å². The number of fused-ring (bicyclic) bond motifs is 1. The number of nitrogens with two attached hydrogens (primary N) is 1. The number of alkyl halides is 1. The van der Waals surface area contributed by atoms with Crippen LogP contribution in [0.2, 0.25) is 0 Å². The molecule has 2 N–H and O–H groups in total. The zero-order valence-corrected chi connectivity index (χ0v) is 16.1. The Morgan fingerprint density at radius 2 is 1.80 bits per heavy atom. The highest BCUT2D eigenvalue weighted by Gasteiger charge is 2.26. The van der Waals surface area contributed by atoms with Crippen LogP contribution in [0.4, 0.5) is 11.5 Å². The summed E-state index contributed by atoms with van der Waals surface area (Å²) < 4.78 is 27.6. The van der Waals surface area contributed by atoms with Gasteiger partial charge in [-0.2, -0.15) is 0 Å². The summed E-state index contributed by atoms with van der Waals surface area (Å²) in [4.78, 5) is 4.58. The predicted molar refractivity (Wildman–Crippen MR) is 106 cm³/mol. The van der Waals surface area contributed by atoms with Crippen molar-refractivity contribution in [2.24, 2.45) is 0 Å². The summed E-state index contributed by atoms with van der Waals surface area (Å²) in [6, 6.07) is 16.0. The van der Waals surface area contributed by atoms with E-state index >= 15 is 0 Å². The second kappa shape index (κ2) is 7.01. The highest BCUT2D eigenvalue weighted by atomic mass is 79.9. The number of anilines is 2. The third kappa shape index (κ3) is 3.48. The molecule has 0 amide bonds. The van der Waals surface area contributed by atoms with E-state index in [1.54, 1.807) is 30.3 Å². The quantitative estimate of drug-likeness (QED) is 0.639. The molecule has 5 nitrogen and oxygen atoms in total. The van der Waals surface area contributed by atoms with Gasteiger partial charge in [0.25, 0.3) is 10.0 Å². The molecule has 0 aliphatic heterocycles. The molecule has 0 saturated heterocycles. The van der Waals surface area contributed by atoms with Crippen LogP contribution in [0.5, 0.6) is 0 Å². The van der Waals surface area contributed by atoms with E-state index in [0.29, 0.717) is 11.0 Å². The molecule has 0 bridgehead atoms. The molecule has 7 heteroatoms. The standard InChI is InChI=1S/C18H18BrN3O2S/c1-13-6-8-15(9-7-13)25(23,24)22(11-10-19)17-12-14-4-2-3-5-16(14)21-18(17)20/h2-9,12H,10-11H2,1H3,(H2,20,21). The lowest BCUT2D eigenvalue weighted by atomic mass is 10.2. The third-order valence-corrected chi connectivity index (χ3v) is 6.08. The first kappa shape index (κ1) is 17.7. The van der Waals surface area contributed by atoms with Crippen LogP contribution < -0.4 is 10.0 Å². The Bertz CT molecular complexity index is 1000. The third-order valence-electron chi connectivity index (χ3n) is 3.90. The predicted octanol–water partition coefficient (Wildman–Crippen LogP) is 3.72. The van der Waals surface area contributed by atoms with Gasteiger partial charge in [0.1, 0.15) is 5.82 Å². The number of benzene rings is 2. The summed E-state index contributed by atoms with van der Waals surface area (Å²) in [6.45, 7) is 2.17. The maximum atomic E-state index is 13.1. The minimum atomic E-state index is -3.74. The maximum absolute atomic E-state index is 13.1. The van der Waals surface area contributed by atoms with E-state index in [4.69, 9.17) is 5.73 Å². The van der Waals surface area contributed by atoms with Crippen molar-refractivity contribution in [2.45, 2.75) is 11.8 Å². The summed E-state index contributed by atoms with van der Waals surface area (Å²) in [5, 5.41) is 1.31. The molecule has 1 aromatic heterocycles. The van der Waals surface area contributed by atoms with Gasteiger partial charge in [0.15, 0.2) is 0 Å². The summed E-state index contributed by atoms with van der Waals surface area (Å²) in [6.07, 6.45) is 0. The molecule has 3 rings (SSSR count). The van der Waals surface area contributed by atoms with Gasteiger partial charge in [-0.05, 0) is 31.2 Å². The number of aryl methyl sites for hydroxylation is 1. The smallest absolute Gasteiger partial charge is 0.264 e. The lowest BCUT2D eigenvalue weighted by Crippen LogP contribution is -2.33. The van der Waals surface area contributed by atoms with E-state index in [-0.39, 0.29) is 17.3 Å². The van der Waals surface area contributed by atoms with Gasteiger partial charge < -0.3 is 5.73 Å². The summed E-state index contributed by atoms with van der Waals surface area (Å²) in [5.74, 6) is 0.190. The highest BCUT2D eigenvalue weighted by molar-refractivity contribution is 9.09. The van der Waals surface area contributed by atoms with Gasteiger partial charge in [-0.15, -0.1) is 0 Å². The Balaban J connectivity index is 2.15. The van der Waals surface area contributed by atoms with Crippen LogP contribution in [0, 0.1) is 6.92 Å². The monoisotopic (exact) mass is 419 g/mol. The van der Waals surface area contributed by atoms with Gasteiger partial charge in [-0.25, -0.2) is 13.4 Å². The Kier molecular flexibility index (Phi) is 4.96.